The number of piperidine rings is 1. The third-order valence-corrected chi connectivity index (χ3v) is 18.5. The Morgan fingerprint density at radius 3 is 1.89 bits per heavy atom. The van der Waals surface area contributed by atoms with E-state index in [4.69, 9.17) is 37.6 Å². The molecular weight excluding hydrogens is 1430 g/mol. The number of carboxylic acids is 2. The summed E-state index contributed by atoms with van der Waals surface area (Å²) >= 11 is 0. The topological polar surface area (TPSA) is 392 Å². The SMILES string of the molecule is CC1=NN(c2ccc(C)c(C)c2)C(=O)/C1=C/C1C(=O)CC(=O)NC1=O.CC1=NN(c2ccccc2)C(=O)/C1=C/c1ccc(-c2ccc(C)c(C(=O)O)c2)o1.CC1=NN(c2ccccc2)C(=O)C1=NCC1CC=C(C(=O)O)C=C1[N+](=O)[O-].[C-]#[N+]C1=C(C)/C(=C\c2ccc(-c3ccccc3OC=O)o2)c2c1nc(N)c([N+]#[C-])c2C. The molecule has 560 valence electrons. The second-order valence-corrected chi connectivity index (χ2v) is 25.8. The smallest absolute Gasteiger partial charge is 0.335 e. The van der Waals surface area contributed by atoms with Crippen LogP contribution in [0.15, 0.2) is 221 Å². The van der Waals surface area contributed by atoms with Gasteiger partial charge in [0, 0.05) is 11.6 Å². The maximum atomic E-state index is 12.8. The molecule has 1 saturated heterocycles. The van der Waals surface area contributed by atoms with Crippen molar-refractivity contribution in [3.63, 3.8) is 0 Å². The molecule has 2 atom stereocenters. The summed E-state index contributed by atoms with van der Waals surface area (Å²) in [6, 6.07) is 42.9. The largest absolute Gasteiger partial charge is 0.478 e. The third-order valence-electron chi connectivity index (χ3n) is 18.5. The van der Waals surface area contributed by atoms with Crippen molar-refractivity contribution in [2.45, 2.75) is 68.2 Å². The number of pyridine rings is 1. The summed E-state index contributed by atoms with van der Waals surface area (Å²) in [7, 11) is 0. The number of imide groups is 1. The zero-order chi connectivity index (χ0) is 80.5. The number of allylic oxidation sites excluding steroid dienone is 3. The first-order chi connectivity index (χ1) is 53.6. The first-order valence-corrected chi connectivity index (χ1v) is 34.3. The minimum Gasteiger partial charge on any atom is -0.478 e. The molecule has 5 aromatic carbocycles. The number of hydrogen-bond acceptors (Lipinski definition) is 20. The highest BCUT2D eigenvalue weighted by Gasteiger charge is 2.39. The number of rotatable bonds is 15. The van der Waals surface area contributed by atoms with Crippen LogP contribution in [0.5, 0.6) is 5.75 Å². The van der Waals surface area contributed by atoms with Crippen LogP contribution >= 0.6 is 0 Å². The molecule has 8 aromatic rings. The Kier molecular flexibility index (Phi) is 23.1. The van der Waals surface area contributed by atoms with E-state index in [9.17, 15) is 58.4 Å². The second kappa shape index (κ2) is 33.3. The molecule has 5 amide bonds. The fourth-order valence-corrected chi connectivity index (χ4v) is 12.5. The maximum absolute atomic E-state index is 12.8. The van der Waals surface area contributed by atoms with Crippen LogP contribution in [0.4, 0.5) is 28.6 Å². The highest BCUT2D eigenvalue weighted by Crippen LogP contribution is 2.47. The van der Waals surface area contributed by atoms with Gasteiger partial charge >= 0.3 is 11.9 Å². The number of nitro groups is 1. The van der Waals surface area contributed by atoms with Gasteiger partial charge in [0.1, 0.15) is 46.2 Å². The van der Waals surface area contributed by atoms with Crippen LogP contribution in [-0.4, -0.2) is 103 Å². The standard InChI is InChI=1S/C24H16N4O3.C23H18N2O4.C18H16N4O5.C18H17N3O4/c1-13-17(20-14(2)22(27-4)24(25)28-23(20)21(13)26-3)11-15-9-10-19(31-15)16-7-5-6-8-18(16)30-12-29;1-14-8-9-16(12-19(14)23(27)28)21-11-10-18(29-21)13-20-15(2)24-25(22(20)26)17-6-4-3-5-7-17;1-11-16(17(23)21(20-11)14-5-3-2-4-6-14)19-10-13-8-7-12(18(24)25)9-15(13)22(26)27;1-9-4-5-12(6-10(9)2)21-18(25)13(11(3)20-21)7-14-15(22)8-16(23)19-17(14)24/h5-12H,1-2H3,(H2,25,28);3-13H,1-2H3,(H,27,28);2-7,9,13H,8,10H2,1H3,(H,24,25);4-7,14H,8H2,1-3H3,(H,19,23,24)/b17-11+;20-13+;;13-7+. The lowest BCUT2D eigenvalue weighted by molar-refractivity contribution is -0.433. The molecule has 0 radical (unpaired) electrons. The van der Waals surface area contributed by atoms with E-state index in [1.165, 1.54) is 27.2 Å². The van der Waals surface area contributed by atoms with Gasteiger partial charge in [0.25, 0.3) is 29.9 Å². The second-order valence-electron chi connectivity index (χ2n) is 25.8. The fraction of sp³-hybridized carbons (Fsp3) is 0.157. The number of aromatic nitrogens is 1. The molecule has 7 heterocycles. The van der Waals surface area contributed by atoms with Gasteiger partial charge in [0.15, 0.2) is 5.78 Å². The highest BCUT2D eigenvalue weighted by molar-refractivity contribution is 6.71. The monoisotopic (exact) mass is 1500 g/mol. The van der Waals surface area contributed by atoms with Crippen molar-refractivity contribution in [3.05, 3.63) is 275 Å². The van der Waals surface area contributed by atoms with Crippen LogP contribution in [0.3, 0.4) is 0 Å². The summed E-state index contributed by atoms with van der Waals surface area (Å²) in [5, 5.41) is 48.4. The summed E-state index contributed by atoms with van der Waals surface area (Å²) in [6.07, 6.45) is 7.03. The van der Waals surface area contributed by atoms with E-state index in [1.807, 2.05) is 87.5 Å². The number of furan rings is 2. The molecule has 0 bridgehead atoms. The number of aliphatic imine (C=N–C) groups is 1. The van der Waals surface area contributed by atoms with E-state index in [-0.39, 0.29) is 64.9 Å². The highest BCUT2D eigenvalue weighted by atomic mass is 16.6. The number of Topliss-reactive ketones (excluding diaryl/α,β-unsaturated/α-hetero) is 1. The minimum absolute atomic E-state index is 0.00717. The Labute approximate surface area is 639 Å². The van der Waals surface area contributed by atoms with Crippen molar-refractivity contribution in [1.29, 1.82) is 0 Å². The molecule has 0 spiro atoms. The summed E-state index contributed by atoms with van der Waals surface area (Å²) in [5.74, 6) is -4.24. The van der Waals surface area contributed by atoms with Gasteiger partial charge in [0.2, 0.25) is 23.2 Å². The van der Waals surface area contributed by atoms with Crippen LogP contribution in [0, 0.1) is 62.8 Å². The molecule has 2 unspecified atom stereocenters. The van der Waals surface area contributed by atoms with Gasteiger partial charge in [-0.3, -0.25) is 59.0 Å². The number of anilines is 4. The van der Waals surface area contributed by atoms with Gasteiger partial charge in [-0.15, -0.1) is 0 Å². The lowest BCUT2D eigenvalue weighted by Gasteiger charge is -2.17. The number of hydrazone groups is 3. The lowest BCUT2D eigenvalue weighted by Crippen LogP contribution is -2.45. The molecule has 112 heavy (non-hydrogen) atoms. The molecule has 29 nitrogen and oxygen atoms in total. The Morgan fingerprint density at radius 1 is 0.688 bits per heavy atom. The summed E-state index contributed by atoms with van der Waals surface area (Å²) < 4.78 is 16.9. The molecule has 0 saturated carbocycles. The maximum Gasteiger partial charge on any atom is 0.335 e. The van der Waals surface area contributed by atoms with E-state index in [0.717, 1.165) is 28.3 Å². The summed E-state index contributed by atoms with van der Waals surface area (Å²) in [5.41, 5.74) is 18.1. The van der Waals surface area contributed by atoms with Crippen molar-refractivity contribution >= 4 is 129 Å². The van der Waals surface area contributed by atoms with E-state index < -0.39 is 58.1 Å². The molecule has 1 fully saturated rings. The van der Waals surface area contributed by atoms with Crippen molar-refractivity contribution in [1.82, 2.24) is 10.3 Å². The van der Waals surface area contributed by atoms with Gasteiger partial charge in [-0.25, -0.2) is 19.3 Å². The lowest BCUT2D eigenvalue weighted by atomic mass is 9.93. The molecular formula is C83H67N13O16. The number of aryl methyl sites for hydroxylation is 3. The quantitative estimate of drug-likeness (QED) is 0.0141. The zero-order valence-electron chi connectivity index (χ0n) is 61.2. The molecule has 6 aliphatic rings. The number of para-hydroxylation sites is 3. The van der Waals surface area contributed by atoms with Crippen molar-refractivity contribution in [2.75, 3.05) is 27.3 Å². The first-order valence-electron chi connectivity index (χ1n) is 34.3. The van der Waals surface area contributed by atoms with Crippen LogP contribution < -0.4 is 30.8 Å². The number of nitrogens with zero attached hydrogens (tertiary/aromatic N) is 11. The average Bonchev–Trinajstić information content (AvgIpc) is 1.60. The number of ether oxygens (including phenoxy) is 1. The molecule has 3 aromatic heterocycles. The number of nitrogen functional groups attached to an aromatic ring is 1. The number of carbonyl (C=O) groups excluding carboxylic acids is 7. The zero-order valence-corrected chi connectivity index (χ0v) is 61.2. The minimum atomic E-state index is -1.22. The fourth-order valence-electron chi connectivity index (χ4n) is 12.5. The van der Waals surface area contributed by atoms with Crippen LogP contribution in [0.1, 0.15) is 95.9 Å². The number of fused-ring (bicyclic) bond motifs is 1. The van der Waals surface area contributed by atoms with Gasteiger partial charge in [0.05, 0.1) is 105 Å². The predicted octanol–water partition coefficient (Wildman–Crippen LogP) is 13.5. The number of carbonyl (C=O) groups is 9. The van der Waals surface area contributed by atoms with Crippen LogP contribution in [-0.2, 0) is 38.4 Å². The van der Waals surface area contributed by atoms with E-state index in [1.54, 1.807) is 126 Å². The number of aromatic carboxylic acids is 1. The number of hydrogen-bond donors (Lipinski definition) is 4. The van der Waals surface area contributed by atoms with Crippen molar-refractivity contribution in [2.24, 2.45) is 32.1 Å². The summed E-state index contributed by atoms with van der Waals surface area (Å²) in [4.78, 5) is 133. The molecule has 4 aliphatic heterocycles. The Hall–Kier alpha value is -15.3. The van der Waals surface area contributed by atoms with Gasteiger partial charge in [-0.2, -0.15) is 30.3 Å². The molecule has 14 rings (SSSR count). The number of amides is 5. The number of nitrogens with two attached hydrogens (primary N) is 1. The van der Waals surface area contributed by atoms with Gasteiger partial charge in [-0.05, 0) is 198 Å². The average molecular weight is 1500 g/mol. The first kappa shape index (κ1) is 77.8. The van der Waals surface area contributed by atoms with E-state index in [0.29, 0.717) is 114 Å². The van der Waals surface area contributed by atoms with E-state index in [2.05, 4.69) is 40.3 Å². The molecule has 29 heteroatoms. The van der Waals surface area contributed by atoms with Crippen molar-refractivity contribution < 1.29 is 71.9 Å². The third kappa shape index (κ3) is 16.5. The van der Waals surface area contributed by atoms with Gasteiger partial charge in [-0.1, -0.05) is 72.8 Å². The predicted molar refractivity (Wildman–Crippen MR) is 418 cm³/mol. The number of nitrogens with one attached hydrogen (secondary N) is 1. The molecule has 5 N–H and O–H groups in total. The summed E-state index contributed by atoms with van der Waals surface area (Å²) in [6.45, 7) is 29.7. The number of ketones is 1. The number of benzene rings is 5. The Balaban J connectivity index is 0.000000148. The van der Waals surface area contributed by atoms with Crippen LogP contribution in [0.25, 0.3) is 55.8 Å². The van der Waals surface area contributed by atoms with Gasteiger partial charge < -0.3 is 29.5 Å². The van der Waals surface area contributed by atoms with E-state index >= 15 is 0 Å². The van der Waals surface area contributed by atoms with Crippen LogP contribution in [0.2, 0.25) is 0 Å². The van der Waals surface area contributed by atoms with Crippen molar-refractivity contribution in [3.8, 4) is 28.4 Å². The normalized spacial score (nSPS) is 17.8. The Morgan fingerprint density at radius 2 is 1.28 bits per heavy atom. The molecule has 2 aliphatic carbocycles. The number of carboxylic acid groups (broad SMARTS) is 2. The Bertz CT molecular complexity index is 5730. The number of aliphatic carboxylic acids is 1.